The van der Waals surface area contributed by atoms with Gasteiger partial charge in [0.2, 0.25) is 10.0 Å². The molecule has 0 saturated heterocycles. The molecule has 114 valence electrons. The molecule has 0 heterocycles. The lowest BCUT2D eigenvalue weighted by Crippen LogP contribution is -2.30. The molecule has 0 unspecified atom stereocenters. The lowest BCUT2D eigenvalue weighted by molar-refractivity contribution is 0.407. The standard InChI is InChI=1S/C14H24N2O3S/c1-5-8-15-10-12-9-13(6-7-14(12)19-4)20(17,18)16-11(2)3/h6-7,9,11,15-16H,5,8,10H2,1-4H3. The van der Waals surface area contributed by atoms with Gasteiger partial charge >= 0.3 is 0 Å². The highest BCUT2D eigenvalue weighted by Crippen LogP contribution is 2.22. The van der Waals surface area contributed by atoms with Crippen LogP contribution in [0.25, 0.3) is 0 Å². The fourth-order valence-corrected chi connectivity index (χ4v) is 3.14. The summed E-state index contributed by atoms with van der Waals surface area (Å²) in [5, 5.41) is 3.25. The summed E-state index contributed by atoms with van der Waals surface area (Å²) >= 11 is 0. The van der Waals surface area contributed by atoms with E-state index in [2.05, 4.69) is 17.0 Å². The van der Waals surface area contributed by atoms with E-state index < -0.39 is 10.0 Å². The second-order valence-electron chi connectivity index (χ2n) is 4.93. The Labute approximate surface area is 121 Å². The summed E-state index contributed by atoms with van der Waals surface area (Å²) in [6.07, 6.45) is 1.02. The van der Waals surface area contributed by atoms with Crippen LogP contribution in [0.3, 0.4) is 0 Å². The first-order valence-electron chi connectivity index (χ1n) is 6.80. The van der Waals surface area contributed by atoms with Gasteiger partial charge in [0.15, 0.2) is 0 Å². The molecule has 1 rings (SSSR count). The van der Waals surface area contributed by atoms with Gasteiger partial charge in [-0.1, -0.05) is 6.92 Å². The molecule has 6 heteroatoms. The third-order valence-corrected chi connectivity index (χ3v) is 4.35. The van der Waals surface area contributed by atoms with Gasteiger partial charge in [-0.25, -0.2) is 13.1 Å². The molecule has 0 bridgehead atoms. The Morgan fingerprint density at radius 1 is 1.30 bits per heavy atom. The van der Waals surface area contributed by atoms with Crippen molar-refractivity contribution in [3.05, 3.63) is 23.8 Å². The molecule has 0 aliphatic rings. The fraction of sp³-hybridized carbons (Fsp3) is 0.571. The SMILES string of the molecule is CCCNCc1cc(S(=O)(=O)NC(C)C)ccc1OC. The number of nitrogens with one attached hydrogen (secondary N) is 2. The maximum Gasteiger partial charge on any atom is 0.240 e. The van der Waals surface area contributed by atoms with Crippen LogP contribution in [0.5, 0.6) is 5.75 Å². The summed E-state index contributed by atoms with van der Waals surface area (Å²) in [6.45, 7) is 7.14. The minimum Gasteiger partial charge on any atom is -0.496 e. The third-order valence-electron chi connectivity index (χ3n) is 2.70. The Morgan fingerprint density at radius 3 is 2.55 bits per heavy atom. The van der Waals surface area contributed by atoms with E-state index in [1.54, 1.807) is 39.2 Å². The van der Waals surface area contributed by atoms with Gasteiger partial charge < -0.3 is 10.1 Å². The number of hydrogen-bond donors (Lipinski definition) is 2. The lowest BCUT2D eigenvalue weighted by Gasteiger charge is -2.13. The van der Waals surface area contributed by atoms with Crippen molar-refractivity contribution in [2.24, 2.45) is 0 Å². The van der Waals surface area contributed by atoms with Crippen molar-refractivity contribution >= 4 is 10.0 Å². The summed E-state index contributed by atoms with van der Waals surface area (Å²) in [5.41, 5.74) is 0.840. The van der Waals surface area contributed by atoms with E-state index >= 15 is 0 Å². The smallest absolute Gasteiger partial charge is 0.240 e. The molecule has 1 aromatic carbocycles. The molecule has 2 N–H and O–H groups in total. The maximum absolute atomic E-state index is 12.2. The van der Waals surface area contributed by atoms with Gasteiger partial charge in [0.1, 0.15) is 5.75 Å². The summed E-state index contributed by atoms with van der Waals surface area (Å²) in [7, 11) is -1.89. The van der Waals surface area contributed by atoms with Crippen molar-refractivity contribution in [1.82, 2.24) is 10.0 Å². The summed E-state index contributed by atoms with van der Waals surface area (Å²) in [5.74, 6) is 0.692. The average molecular weight is 300 g/mol. The van der Waals surface area contributed by atoms with Crippen LogP contribution in [0, 0.1) is 0 Å². The van der Waals surface area contributed by atoms with E-state index in [1.165, 1.54) is 0 Å². The van der Waals surface area contributed by atoms with Crippen LogP contribution in [0.4, 0.5) is 0 Å². The first kappa shape index (κ1) is 16.9. The van der Waals surface area contributed by atoms with Crippen molar-refractivity contribution in [1.29, 1.82) is 0 Å². The van der Waals surface area contributed by atoms with Crippen LogP contribution >= 0.6 is 0 Å². The summed E-state index contributed by atoms with van der Waals surface area (Å²) in [6, 6.07) is 4.78. The van der Waals surface area contributed by atoms with E-state index in [-0.39, 0.29) is 10.9 Å². The predicted octanol–water partition coefficient (Wildman–Crippen LogP) is 1.88. The molecule has 0 aliphatic carbocycles. The van der Waals surface area contributed by atoms with Crippen LogP contribution in [-0.4, -0.2) is 28.1 Å². The Hall–Kier alpha value is -1.11. The number of rotatable bonds is 8. The van der Waals surface area contributed by atoms with Crippen LogP contribution < -0.4 is 14.8 Å². The Bertz CT molecular complexity index is 527. The molecule has 0 saturated carbocycles. The second-order valence-corrected chi connectivity index (χ2v) is 6.64. The van der Waals surface area contributed by atoms with Crippen LogP contribution in [0.15, 0.2) is 23.1 Å². The highest BCUT2D eigenvalue weighted by molar-refractivity contribution is 7.89. The Balaban J connectivity index is 3.02. The van der Waals surface area contributed by atoms with Crippen LogP contribution in [0.2, 0.25) is 0 Å². The minimum atomic E-state index is -3.47. The first-order chi connectivity index (χ1) is 9.40. The van der Waals surface area contributed by atoms with E-state index in [9.17, 15) is 8.42 Å². The van der Waals surface area contributed by atoms with Crippen molar-refractivity contribution in [3.63, 3.8) is 0 Å². The van der Waals surface area contributed by atoms with E-state index in [4.69, 9.17) is 4.74 Å². The van der Waals surface area contributed by atoms with Gasteiger partial charge in [-0.2, -0.15) is 0 Å². The van der Waals surface area contributed by atoms with E-state index in [1.807, 2.05) is 0 Å². The van der Waals surface area contributed by atoms with E-state index in [0.29, 0.717) is 12.3 Å². The minimum absolute atomic E-state index is 0.135. The quantitative estimate of drug-likeness (QED) is 0.719. The van der Waals surface area contributed by atoms with Crippen LogP contribution in [0.1, 0.15) is 32.8 Å². The molecule has 0 spiro atoms. The summed E-state index contributed by atoms with van der Waals surface area (Å²) < 4.78 is 32.2. The van der Waals surface area contributed by atoms with Gasteiger partial charge in [-0.15, -0.1) is 0 Å². The van der Waals surface area contributed by atoms with Gasteiger partial charge in [-0.3, -0.25) is 0 Å². The van der Waals surface area contributed by atoms with Crippen molar-refractivity contribution in [3.8, 4) is 5.75 Å². The molecule has 0 aromatic heterocycles. The predicted molar refractivity (Wildman–Crippen MR) is 80.4 cm³/mol. The zero-order valence-electron chi connectivity index (χ0n) is 12.6. The van der Waals surface area contributed by atoms with Crippen molar-refractivity contribution in [2.75, 3.05) is 13.7 Å². The molecule has 5 nitrogen and oxygen atoms in total. The Morgan fingerprint density at radius 2 is 2.00 bits per heavy atom. The number of methoxy groups -OCH3 is 1. The van der Waals surface area contributed by atoms with Crippen molar-refractivity contribution < 1.29 is 13.2 Å². The highest BCUT2D eigenvalue weighted by Gasteiger charge is 2.17. The molecule has 1 aromatic rings. The molecule has 0 fully saturated rings. The third kappa shape index (κ3) is 4.77. The first-order valence-corrected chi connectivity index (χ1v) is 8.29. The molecular formula is C14H24N2O3S. The largest absolute Gasteiger partial charge is 0.496 e. The number of benzene rings is 1. The highest BCUT2D eigenvalue weighted by atomic mass is 32.2. The number of ether oxygens (including phenoxy) is 1. The van der Waals surface area contributed by atoms with Crippen molar-refractivity contribution in [2.45, 2.75) is 44.7 Å². The summed E-state index contributed by atoms with van der Waals surface area (Å²) in [4.78, 5) is 0.264. The molecule has 0 radical (unpaired) electrons. The molecule has 20 heavy (non-hydrogen) atoms. The monoisotopic (exact) mass is 300 g/mol. The van der Waals surface area contributed by atoms with Gasteiger partial charge in [-0.05, 0) is 45.0 Å². The van der Waals surface area contributed by atoms with Gasteiger partial charge in [0.05, 0.1) is 12.0 Å². The molecule has 0 aliphatic heterocycles. The van der Waals surface area contributed by atoms with Crippen LogP contribution in [-0.2, 0) is 16.6 Å². The zero-order valence-corrected chi connectivity index (χ0v) is 13.4. The normalized spacial score (nSPS) is 11.8. The second kappa shape index (κ2) is 7.61. The number of hydrogen-bond acceptors (Lipinski definition) is 4. The van der Waals surface area contributed by atoms with Gasteiger partial charge in [0.25, 0.3) is 0 Å². The molecular weight excluding hydrogens is 276 g/mol. The zero-order chi connectivity index (χ0) is 15.2. The topological polar surface area (TPSA) is 67.4 Å². The Kier molecular flexibility index (Phi) is 6.45. The average Bonchev–Trinajstić information content (AvgIpc) is 2.37. The lowest BCUT2D eigenvalue weighted by atomic mass is 10.2. The number of sulfonamides is 1. The molecule has 0 atom stereocenters. The fourth-order valence-electron chi connectivity index (χ4n) is 1.84. The molecule has 0 amide bonds. The van der Waals surface area contributed by atoms with Gasteiger partial charge in [0, 0.05) is 18.2 Å². The van der Waals surface area contributed by atoms with E-state index in [0.717, 1.165) is 18.5 Å². The maximum atomic E-state index is 12.2.